The van der Waals surface area contributed by atoms with Crippen molar-refractivity contribution in [2.45, 2.75) is 33.1 Å². The SMILES string of the molecule is CC(C)CNCCC(C)c1cncnc1. The second-order valence-electron chi connectivity index (χ2n) is 4.46. The van der Waals surface area contributed by atoms with E-state index in [1.165, 1.54) is 5.56 Å². The molecule has 0 radical (unpaired) electrons. The molecule has 0 fully saturated rings. The quantitative estimate of drug-likeness (QED) is 0.727. The molecule has 15 heavy (non-hydrogen) atoms. The lowest BCUT2D eigenvalue weighted by molar-refractivity contribution is 0.524. The zero-order chi connectivity index (χ0) is 11.1. The van der Waals surface area contributed by atoms with E-state index in [1.54, 1.807) is 6.33 Å². The van der Waals surface area contributed by atoms with Gasteiger partial charge in [-0.05, 0) is 36.9 Å². The Balaban J connectivity index is 2.22. The number of hydrogen-bond acceptors (Lipinski definition) is 3. The van der Waals surface area contributed by atoms with Gasteiger partial charge in [-0.2, -0.15) is 0 Å². The third-order valence-electron chi connectivity index (χ3n) is 2.46. The molecule has 0 bridgehead atoms. The van der Waals surface area contributed by atoms with E-state index >= 15 is 0 Å². The standard InChI is InChI=1S/C12H21N3/c1-10(2)6-13-5-4-11(3)12-7-14-9-15-8-12/h7-11,13H,4-6H2,1-3H3. The molecule has 1 aromatic rings. The van der Waals surface area contributed by atoms with Gasteiger partial charge in [0.25, 0.3) is 0 Å². The minimum absolute atomic E-state index is 0.533. The molecule has 3 nitrogen and oxygen atoms in total. The van der Waals surface area contributed by atoms with Crippen LogP contribution in [0.2, 0.25) is 0 Å². The normalized spacial score (nSPS) is 13.1. The maximum Gasteiger partial charge on any atom is 0.115 e. The van der Waals surface area contributed by atoms with Crippen LogP contribution in [0.5, 0.6) is 0 Å². The fraction of sp³-hybridized carbons (Fsp3) is 0.667. The lowest BCUT2D eigenvalue weighted by Crippen LogP contribution is -2.21. The first kappa shape index (κ1) is 12.1. The summed E-state index contributed by atoms with van der Waals surface area (Å²) in [5.74, 6) is 1.26. The van der Waals surface area contributed by atoms with Crippen LogP contribution in [0.1, 0.15) is 38.7 Å². The topological polar surface area (TPSA) is 37.8 Å². The molecule has 0 spiro atoms. The number of rotatable bonds is 6. The first-order valence-electron chi connectivity index (χ1n) is 5.65. The molecular weight excluding hydrogens is 186 g/mol. The zero-order valence-corrected chi connectivity index (χ0v) is 9.90. The molecule has 0 amide bonds. The molecule has 1 aromatic heterocycles. The van der Waals surface area contributed by atoms with Gasteiger partial charge < -0.3 is 5.32 Å². The highest BCUT2D eigenvalue weighted by Crippen LogP contribution is 2.15. The molecular formula is C12H21N3. The maximum absolute atomic E-state index is 4.03. The predicted molar refractivity (Wildman–Crippen MR) is 62.8 cm³/mol. The summed E-state index contributed by atoms with van der Waals surface area (Å²) in [5, 5.41) is 3.44. The summed E-state index contributed by atoms with van der Waals surface area (Å²) < 4.78 is 0. The van der Waals surface area contributed by atoms with Gasteiger partial charge in [0.2, 0.25) is 0 Å². The molecule has 0 saturated carbocycles. The molecule has 1 unspecified atom stereocenters. The fourth-order valence-electron chi connectivity index (χ4n) is 1.44. The highest BCUT2D eigenvalue weighted by molar-refractivity contribution is 5.08. The Morgan fingerprint density at radius 3 is 2.47 bits per heavy atom. The summed E-state index contributed by atoms with van der Waals surface area (Å²) >= 11 is 0. The summed E-state index contributed by atoms with van der Waals surface area (Å²) in [5.41, 5.74) is 1.23. The van der Waals surface area contributed by atoms with E-state index in [0.29, 0.717) is 5.92 Å². The number of nitrogens with zero attached hydrogens (tertiary/aromatic N) is 2. The van der Waals surface area contributed by atoms with E-state index < -0.39 is 0 Å². The van der Waals surface area contributed by atoms with Crippen LogP contribution in [0.3, 0.4) is 0 Å². The Morgan fingerprint density at radius 1 is 1.20 bits per heavy atom. The zero-order valence-electron chi connectivity index (χ0n) is 9.90. The Morgan fingerprint density at radius 2 is 1.87 bits per heavy atom. The molecule has 1 atom stereocenters. The predicted octanol–water partition coefficient (Wildman–Crippen LogP) is 2.22. The minimum Gasteiger partial charge on any atom is -0.316 e. The molecule has 0 aliphatic carbocycles. The van der Waals surface area contributed by atoms with Crippen molar-refractivity contribution >= 4 is 0 Å². The van der Waals surface area contributed by atoms with Gasteiger partial charge in [-0.15, -0.1) is 0 Å². The van der Waals surface area contributed by atoms with E-state index in [1.807, 2.05) is 12.4 Å². The Labute approximate surface area is 92.3 Å². The second kappa shape index (κ2) is 6.51. The van der Waals surface area contributed by atoms with Crippen LogP contribution in [0.15, 0.2) is 18.7 Å². The van der Waals surface area contributed by atoms with Gasteiger partial charge >= 0.3 is 0 Å². The van der Waals surface area contributed by atoms with E-state index in [2.05, 4.69) is 36.1 Å². The molecule has 0 aromatic carbocycles. The summed E-state index contributed by atoms with van der Waals surface area (Å²) in [6.45, 7) is 8.82. The first-order chi connectivity index (χ1) is 7.20. The van der Waals surface area contributed by atoms with E-state index in [9.17, 15) is 0 Å². The Hall–Kier alpha value is -0.960. The number of hydrogen-bond donors (Lipinski definition) is 1. The van der Waals surface area contributed by atoms with Gasteiger partial charge in [-0.3, -0.25) is 0 Å². The maximum atomic E-state index is 4.03. The number of nitrogens with one attached hydrogen (secondary N) is 1. The first-order valence-corrected chi connectivity index (χ1v) is 5.65. The molecule has 3 heteroatoms. The summed E-state index contributed by atoms with van der Waals surface area (Å²) in [6.07, 6.45) is 6.52. The molecule has 1 heterocycles. The van der Waals surface area contributed by atoms with Crippen LogP contribution in [0.25, 0.3) is 0 Å². The molecule has 0 aliphatic rings. The van der Waals surface area contributed by atoms with E-state index in [-0.39, 0.29) is 0 Å². The van der Waals surface area contributed by atoms with Crippen LogP contribution in [0, 0.1) is 5.92 Å². The molecule has 84 valence electrons. The van der Waals surface area contributed by atoms with E-state index in [0.717, 1.165) is 25.4 Å². The molecule has 0 saturated heterocycles. The van der Waals surface area contributed by atoms with Gasteiger partial charge in [0.05, 0.1) is 0 Å². The second-order valence-corrected chi connectivity index (χ2v) is 4.46. The summed E-state index contributed by atoms with van der Waals surface area (Å²) in [7, 11) is 0. The van der Waals surface area contributed by atoms with Crippen LogP contribution >= 0.6 is 0 Å². The van der Waals surface area contributed by atoms with Crippen molar-refractivity contribution in [3.05, 3.63) is 24.3 Å². The average molecular weight is 207 g/mol. The van der Waals surface area contributed by atoms with Gasteiger partial charge in [0.15, 0.2) is 0 Å². The van der Waals surface area contributed by atoms with Crippen molar-refractivity contribution in [2.24, 2.45) is 5.92 Å². The van der Waals surface area contributed by atoms with Crippen LogP contribution in [0.4, 0.5) is 0 Å². The lowest BCUT2D eigenvalue weighted by atomic mass is 10.0. The third-order valence-corrected chi connectivity index (χ3v) is 2.46. The number of aromatic nitrogens is 2. The van der Waals surface area contributed by atoms with E-state index in [4.69, 9.17) is 0 Å². The van der Waals surface area contributed by atoms with Crippen molar-refractivity contribution in [1.82, 2.24) is 15.3 Å². The van der Waals surface area contributed by atoms with Crippen molar-refractivity contribution in [3.8, 4) is 0 Å². The Bertz CT molecular complexity index is 259. The molecule has 1 rings (SSSR count). The highest BCUT2D eigenvalue weighted by atomic mass is 14.9. The van der Waals surface area contributed by atoms with Crippen LogP contribution in [-0.4, -0.2) is 23.1 Å². The fourth-order valence-corrected chi connectivity index (χ4v) is 1.44. The monoisotopic (exact) mass is 207 g/mol. The van der Waals surface area contributed by atoms with Crippen LogP contribution < -0.4 is 5.32 Å². The Kier molecular flexibility index (Phi) is 5.26. The molecule has 1 N–H and O–H groups in total. The van der Waals surface area contributed by atoms with Gasteiger partial charge in [0, 0.05) is 12.4 Å². The van der Waals surface area contributed by atoms with Crippen molar-refractivity contribution in [2.75, 3.05) is 13.1 Å². The smallest absolute Gasteiger partial charge is 0.115 e. The molecule has 0 aliphatic heterocycles. The third kappa shape index (κ3) is 4.88. The average Bonchev–Trinajstić information content (AvgIpc) is 2.25. The summed E-state index contributed by atoms with van der Waals surface area (Å²) in [4.78, 5) is 8.06. The van der Waals surface area contributed by atoms with Gasteiger partial charge in [0.1, 0.15) is 6.33 Å². The van der Waals surface area contributed by atoms with Crippen molar-refractivity contribution in [1.29, 1.82) is 0 Å². The van der Waals surface area contributed by atoms with Crippen molar-refractivity contribution in [3.63, 3.8) is 0 Å². The minimum atomic E-state index is 0.533. The highest BCUT2D eigenvalue weighted by Gasteiger charge is 2.05. The largest absolute Gasteiger partial charge is 0.316 e. The van der Waals surface area contributed by atoms with Gasteiger partial charge in [-0.25, -0.2) is 9.97 Å². The summed E-state index contributed by atoms with van der Waals surface area (Å²) in [6, 6.07) is 0. The van der Waals surface area contributed by atoms with Gasteiger partial charge in [-0.1, -0.05) is 20.8 Å². The van der Waals surface area contributed by atoms with Crippen molar-refractivity contribution < 1.29 is 0 Å². The lowest BCUT2D eigenvalue weighted by Gasteiger charge is -2.12. The van der Waals surface area contributed by atoms with Crippen LogP contribution in [-0.2, 0) is 0 Å².